The summed E-state index contributed by atoms with van der Waals surface area (Å²) < 4.78 is 0. The predicted molar refractivity (Wildman–Crippen MR) is 128 cm³/mol. The number of fused-ring (bicyclic) bond motifs is 2. The number of rotatable bonds is 0. The molecule has 0 aliphatic heterocycles. The Morgan fingerprint density at radius 3 is 1.39 bits per heavy atom. The van der Waals surface area contributed by atoms with E-state index in [1.807, 2.05) is 6.92 Å². The van der Waals surface area contributed by atoms with Crippen LogP contribution in [-0.4, -0.2) is 10.2 Å². The van der Waals surface area contributed by atoms with E-state index < -0.39 is 20.8 Å². The normalized spacial score (nSPS) is 8.86. The Balaban J connectivity index is 0.000000384. The summed E-state index contributed by atoms with van der Waals surface area (Å²) in [5.41, 5.74) is 2.70. The molecule has 0 aliphatic rings. The van der Waals surface area contributed by atoms with Crippen LogP contribution in [0.4, 0.5) is 0 Å². The van der Waals surface area contributed by atoms with Gasteiger partial charge in [-0.05, 0) is 0 Å². The molecular formula is C24H28Cl2SiZr-3. The molecule has 0 amide bonds. The molecule has 0 bridgehead atoms. The molecule has 149 valence electrons. The summed E-state index contributed by atoms with van der Waals surface area (Å²) in [6, 6.07) is 26.7. The van der Waals surface area contributed by atoms with Crippen molar-refractivity contribution in [3.05, 3.63) is 90.8 Å². The van der Waals surface area contributed by atoms with Gasteiger partial charge in [0.15, 0.2) is 0 Å². The van der Waals surface area contributed by atoms with Gasteiger partial charge in [0.05, 0.1) is 0 Å². The van der Waals surface area contributed by atoms with Crippen molar-refractivity contribution in [1.82, 2.24) is 0 Å². The molecule has 0 heterocycles. The second kappa shape index (κ2) is 17.2. The van der Waals surface area contributed by atoms with Gasteiger partial charge in [0.1, 0.15) is 0 Å². The van der Waals surface area contributed by atoms with Gasteiger partial charge in [-0.3, -0.25) is 0 Å². The Morgan fingerprint density at radius 1 is 0.821 bits per heavy atom. The molecule has 0 saturated carbocycles. The van der Waals surface area contributed by atoms with Gasteiger partial charge in [-0.15, -0.1) is 81.2 Å². The van der Waals surface area contributed by atoms with Gasteiger partial charge in [-0.2, -0.15) is 19.1 Å². The van der Waals surface area contributed by atoms with Crippen molar-refractivity contribution in [3.8, 4) is 0 Å². The van der Waals surface area contributed by atoms with E-state index in [0.717, 1.165) is 6.04 Å². The summed E-state index contributed by atoms with van der Waals surface area (Å²) in [7, 11) is 13.1. The van der Waals surface area contributed by atoms with E-state index in [4.69, 9.17) is 17.0 Å². The van der Waals surface area contributed by atoms with Crippen LogP contribution in [0.3, 0.4) is 0 Å². The molecule has 0 N–H and O–H groups in total. The Bertz CT molecular complexity index is 740. The summed E-state index contributed by atoms with van der Waals surface area (Å²) in [6.45, 7) is 11.3. The average Bonchev–Trinajstić information content (AvgIpc) is 3.25. The zero-order valence-corrected chi connectivity index (χ0v) is 22.1. The van der Waals surface area contributed by atoms with E-state index in [0.29, 0.717) is 0 Å². The van der Waals surface area contributed by atoms with E-state index >= 15 is 0 Å². The predicted octanol–water partition coefficient (Wildman–Crippen LogP) is 8.54. The van der Waals surface area contributed by atoms with Gasteiger partial charge in [0.2, 0.25) is 0 Å². The maximum absolute atomic E-state index is 4.93. The van der Waals surface area contributed by atoms with E-state index in [2.05, 4.69) is 104 Å². The molecule has 0 aliphatic carbocycles. The van der Waals surface area contributed by atoms with Crippen molar-refractivity contribution in [1.29, 1.82) is 0 Å². The van der Waals surface area contributed by atoms with E-state index in [1.54, 1.807) is 6.92 Å². The van der Waals surface area contributed by atoms with Gasteiger partial charge in [0.25, 0.3) is 0 Å². The molecule has 4 heteroatoms. The summed E-state index contributed by atoms with van der Waals surface area (Å²) in [6.07, 6.45) is 0. The molecule has 4 aromatic carbocycles. The van der Waals surface area contributed by atoms with Crippen LogP contribution >= 0.6 is 17.0 Å². The van der Waals surface area contributed by atoms with E-state index in [1.165, 1.54) is 32.7 Å². The fraction of sp³-hybridized carbons (Fsp3) is 0.208. The summed E-state index contributed by atoms with van der Waals surface area (Å²) in [5, 5.41) is 5.39. The zero-order chi connectivity index (χ0) is 21.4. The van der Waals surface area contributed by atoms with Crippen LogP contribution in [0.5, 0.6) is 0 Å². The van der Waals surface area contributed by atoms with Gasteiger partial charge < -0.3 is 6.92 Å². The van der Waals surface area contributed by atoms with Crippen molar-refractivity contribution < 1.29 is 20.8 Å². The first-order valence-corrected chi connectivity index (χ1v) is 16.1. The van der Waals surface area contributed by atoms with Gasteiger partial charge in [-0.25, -0.2) is 0 Å². The molecule has 0 nitrogen and oxygen atoms in total. The fourth-order valence-corrected chi connectivity index (χ4v) is 2.61. The minimum atomic E-state index is -0.826. The SMILES string of the molecule is CC[Si].Cc1cc2ccccc2[cH-]1.Cc1cc2ccccc2[cH-]1.[CH2-]C.[Cl][Zr][Cl]. The first-order chi connectivity index (χ1) is 13.5. The quantitative estimate of drug-likeness (QED) is 0.166. The van der Waals surface area contributed by atoms with Crippen LogP contribution < -0.4 is 0 Å². The number of halogens is 2. The third-order valence-corrected chi connectivity index (χ3v) is 3.52. The minimum absolute atomic E-state index is 0.826. The van der Waals surface area contributed by atoms with Crippen LogP contribution in [0.1, 0.15) is 25.0 Å². The van der Waals surface area contributed by atoms with E-state index in [-0.39, 0.29) is 0 Å². The number of aryl methyl sites for hydroxylation is 2. The van der Waals surface area contributed by atoms with Crippen molar-refractivity contribution in [3.63, 3.8) is 0 Å². The average molecular weight is 507 g/mol. The molecule has 4 rings (SSSR count). The van der Waals surface area contributed by atoms with Crippen LogP contribution in [0.2, 0.25) is 6.04 Å². The van der Waals surface area contributed by atoms with Crippen LogP contribution in [0.15, 0.2) is 72.8 Å². The Hall–Kier alpha value is -0.660. The standard InChI is InChI=1S/2C10H9.C2H5Si.C2H5.2ClH.Zr/c2*1-8-6-9-4-2-3-5-10(9)7-8;1-2-3;1-2;;;/h2*2-7H,1H3;2H2,1H3;1H2,2H3;2*1H;/q2*-1;;-1;;;+2/p-2. The number of hydrogen-bond acceptors (Lipinski definition) is 0. The van der Waals surface area contributed by atoms with E-state index in [9.17, 15) is 0 Å². The van der Waals surface area contributed by atoms with Crippen molar-refractivity contribution in [2.24, 2.45) is 0 Å². The third kappa shape index (κ3) is 10.8. The first-order valence-electron chi connectivity index (χ1n) is 9.11. The third-order valence-electron chi connectivity index (χ3n) is 3.52. The Kier molecular flexibility index (Phi) is 16.8. The Morgan fingerprint density at radius 2 is 1.11 bits per heavy atom. The maximum atomic E-state index is 4.93. The Labute approximate surface area is 193 Å². The van der Waals surface area contributed by atoms with Crippen molar-refractivity contribution in [2.75, 3.05) is 0 Å². The monoisotopic (exact) mass is 504 g/mol. The second-order valence-electron chi connectivity index (χ2n) is 5.75. The van der Waals surface area contributed by atoms with Crippen LogP contribution in [0, 0.1) is 20.8 Å². The van der Waals surface area contributed by atoms with Crippen LogP contribution in [0.25, 0.3) is 21.5 Å². The van der Waals surface area contributed by atoms with Gasteiger partial charge in [-0.1, -0.05) is 38.9 Å². The number of hydrogen-bond donors (Lipinski definition) is 0. The van der Waals surface area contributed by atoms with Gasteiger partial charge >= 0.3 is 37.9 Å². The van der Waals surface area contributed by atoms with Crippen LogP contribution in [-0.2, 0) is 20.8 Å². The molecule has 3 radical (unpaired) electrons. The number of benzene rings is 2. The van der Waals surface area contributed by atoms with Gasteiger partial charge in [0, 0.05) is 10.2 Å². The zero-order valence-electron chi connectivity index (χ0n) is 17.1. The molecule has 4 aromatic rings. The summed E-state index contributed by atoms with van der Waals surface area (Å²) in [5.74, 6) is 0. The summed E-state index contributed by atoms with van der Waals surface area (Å²) in [4.78, 5) is 0. The molecular weight excluding hydrogens is 478 g/mol. The fourth-order valence-electron chi connectivity index (χ4n) is 2.61. The molecule has 0 aromatic heterocycles. The summed E-state index contributed by atoms with van der Waals surface area (Å²) >= 11 is -0.826. The molecule has 0 spiro atoms. The van der Waals surface area contributed by atoms with Crippen molar-refractivity contribution >= 4 is 48.8 Å². The molecule has 0 saturated heterocycles. The van der Waals surface area contributed by atoms with Crippen molar-refractivity contribution in [2.45, 2.75) is 33.7 Å². The molecule has 28 heavy (non-hydrogen) atoms. The first kappa shape index (κ1) is 27.3. The second-order valence-corrected chi connectivity index (χ2v) is 10.2. The topological polar surface area (TPSA) is 0 Å². The molecule has 0 fully saturated rings. The molecule has 0 atom stereocenters. The molecule has 0 unspecified atom stereocenters.